The third kappa shape index (κ3) is 4.76. The van der Waals surface area contributed by atoms with Crippen LogP contribution in [0, 0.1) is 5.41 Å². The lowest BCUT2D eigenvalue weighted by molar-refractivity contribution is -0.148. The monoisotopic (exact) mass is 283 g/mol. The standard InChI is InChI=1S/C17H33NO2/c1-4-6-7-8-9-10-15(3)18-13-12-17(14-18,11-5-2)16(19)20/h15H,4-14H2,1-3H3,(H,19,20). The first kappa shape index (κ1) is 17.5. The van der Waals surface area contributed by atoms with Crippen LogP contribution in [0.25, 0.3) is 0 Å². The van der Waals surface area contributed by atoms with Crippen LogP contribution in [-0.2, 0) is 4.79 Å². The Balaban J connectivity index is 2.36. The second-order valence-corrected chi connectivity index (χ2v) is 6.61. The fraction of sp³-hybridized carbons (Fsp3) is 0.941. The Morgan fingerprint density at radius 1 is 1.20 bits per heavy atom. The van der Waals surface area contributed by atoms with Crippen molar-refractivity contribution in [2.75, 3.05) is 13.1 Å². The van der Waals surface area contributed by atoms with Crippen LogP contribution in [0.2, 0.25) is 0 Å². The highest BCUT2D eigenvalue weighted by Gasteiger charge is 2.44. The van der Waals surface area contributed by atoms with E-state index in [1.54, 1.807) is 0 Å². The fourth-order valence-corrected chi connectivity index (χ4v) is 3.47. The molecule has 0 aromatic rings. The maximum atomic E-state index is 11.6. The molecule has 3 nitrogen and oxygen atoms in total. The van der Waals surface area contributed by atoms with Crippen molar-refractivity contribution >= 4 is 5.97 Å². The van der Waals surface area contributed by atoms with Crippen molar-refractivity contribution in [1.82, 2.24) is 4.90 Å². The van der Waals surface area contributed by atoms with Crippen LogP contribution in [-0.4, -0.2) is 35.1 Å². The van der Waals surface area contributed by atoms with E-state index in [-0.39, 0.29) is 0 Å². The molecule has 3 heteroatoms. The van der Waals surface area contributed by atoms with Crippen LogP contribution in [0.3, 0.4) is 0 Å². The van der Waals surface area contributed by atoms with Gasteiger partial charge in [-0.25, -0.2) is 0 Å². The summed E-state index contributed by atoms with van der Waals surface area (Å²) in [5.41, 5.74) is -0.467. The molecule has 1 aliphatic heterocycles. The molecule has 2 atom stereocenters. The van der Waals surface area contributed by atoms with Gasteiger partial charge in [0, 0.05) is 12.6 Å². The van der Waals surface area contributed by atoms with Crippen molar-refractivity contribution in [3.8, 4) is 0 Å². The van der Waals surface area contributed by atoms with E-state index < -0.39 is 11.4 Å². The largest absolute Gasteiger partial charge is 0.481 e. The van der Waals surface area contributed by atoms with Crippen molar-refractivity contribution in [2.45, 2.75) is 84.6 Å². The summed E-state index contributed by atoms with van der Waals surface area (Å²) in [5.74, 6) is -0.586. The molecule has 0 aromatic carbocycles. The minimum absolute atomic E-state index is 0.467. The molecule has 0 aromatic heterocycles. The molecule has 0 amide bonds. The van der Waals surface area contributed by atoms with Gasteiger partial charge in [-0.15, -0.1) is 0 Å². The maximum absolute atomic E-state index is 11.6. The number of unbranched alkanes of at least 4 members (excludes halogenated alkanes) is 4. The number of hydrogen-bond donors (Lipinski definition) is 1. The molecule has 1 fully saturated rings. The first-order valence-corrected chi connectivity index (χ1v) is 8.53. The third-order valence-electron chi connectivity index (χ3n) is 4.91. The summed E-state index contributed by atoms with van der Waals surface area (Å²) < 4.78 is 0. The predicted octanol–water partition coefficient (Wildman–Crippen LogP) is 4.31. The molecule has 118 valence electrons. The zero-order valence-corrected chi connectivity index (χ0v) is 13.7. The highest BCUT2D eigenvalue weighted by atomic mass is 16.4. The highest BCUT2D eigenvalue weighted by molar-refractivity contribution is 5.75. The quantitative estimate of drug-likeness (QED) is 0.607. The molecule has 0 aliphatic carbocycles. The molecule has 1 aliphatic rings. The Bertz CT molecular complexity index is 293. The first-order valence-electron chi connectivity index (χ1n) is 8.53. The molecule has 1 N–H and O–H groups in total. The van der Waals surface area contributed by atoms with Crippen molar-refractivity contribution in [2.24, 2.45) is 5.41 Å². The second-order valence-electron chi connectivity index (χ2n) is 6.61. The number of likely N-dealkylation sites (tertiary alicyclic amines) is 1. The Kier molecular flexibility index (Phi) is 7.57. The normalized spacial score (nSPS) is 24.9. The van der Waals surface area contributed by atoms with E-state index in [4.69, 9.17) is 0 Å². The number of carbonyl (C=O) groups is 1. The van der Waals surface area contributed by atoms with Crippen LogP contribution in [0.1, 0.15) is 78.6 Å². The average molecular weight is 283 g/mol. The van der Waals surface area contributed by atoms with Gasteiger partial charge in [0.05, 0.1) is 5.41 Å². The van der Waals surface area contributed by atoms with Gasteiger partial charge in [0.15, 0.2) is 0 Å². The Morgan fingerprint density at radius 3 is 2.50 bits per heavy atom. The van der Waals surface area contributed by atoms with Crippen molar-refractivity contribution in [1.29, 1.82) is 0 Å². The molecule has 0 bridgehead atoms. The van der Waals surface area contributed by atoms with Gasteiger partial charge < -0.3 is 5.11 Å². The van der Waals surface area contributed by atoms with Gasteiger partial charge >= 0.3 is 5.97 Å². The summed E-state index contributed by atoms with van der Waals surface area (Å²) in [6, 6.07) is 0.537. The number of nitrogens with zero attached hydrogens (tertiary/aromatic N) is 1. The molecule has 0 radical (unpaired) electrons. The van der Waals surface area contributed by atoms with Gasteiger partial charge in [0.1, 0.15) is 0 Å². The van der Waals surface area contributed by atoms with E-state index in [0.29, 0.717) is 6.04 Å². The Labute approximate surface area is 124 Å². The minimum Gasteiger partial charge on any atom is -0.481 e. The third-order valence-corrected chi connectivity index (χ3v) is 4.91. The predicted molar refractivity (Wildman–Crippen MR) is 84.0 cm³/mol. The molecule has 1 heterocycles. The lowest BCUT2D eigenvalue weighted by Gasteiger charge is -2.28. The zero-order valence-electron chi connectivity index (χ0n) is 13.7. The zero-order chi connectivity index (χ0) is 15.0. The molecule has 2 unspecified atom stereocenters. The smallest absolute Gasteiger partial charge is 0.310 e. The summed E-state index contributed by atoms with van der Waals surface area (Å²) >= 11 is 0. The van der Waals surface area contributed by atoms with E-state index >= 15 is 0 Å². The van der Waals surface area contributed by atoms with Crippen LogP contribution < -0.4 is 0 Å². The van der Waals surface area contributed by atoms with E-state index in [1.165, 1.54) is 38.5 Å². The molecular weight excluding hydrogens is 250 g/mol. The fourth-order valence-electron chi connectivity index (χ4n) is 3.47. The second kappa shape index (κ2) is 8.66. The average Bonchev–Trinajstić information content (AvgIpc) is 2.84. The van der Waals surface area contributed by atoms with Crippen LogP contribution in [0.4, 0.5) is 0 Å². The van der Waals surface area contributed by atoms with E-state index in [2.05, 4.69) is 25.7 Å². The minimum atomic E-state index is -0.586. The van der Waals surface area contributed by atoms with Gasteiger partial charge in [-0.3, -0.25) is 9.69 Å². The van der Waals surface area contributed by atoms with E-state index in [0.717, 1.165) is 32.4 Å². The van der Waals surface area contributed by atoms with Crippen LogP contribution in [0.15, 0.2) is 0 Å². The van der Waals surface area contributed by atoms with Gasteiger partial charge in [-0.05, 0) is 32.7 Å². The Morgan fingerprint density at radius 2 is 1.90 bits per heavy atom. The lowest BCUT2D eigenvalue weighted by Crippen LogP contribution is -2.37. The van der Waals surface area contributed by atoms with Gasteiger partial charge in [-0.2, -0.15) is 0 Å². The van der Waals surface area contributed by atoms with Crippen molar-refractivity contribution < 1.29 is 9.90 Å². The molecule has 20 heavy (non-hydrogen) atoms. The van der Waals surface area contributed by atoms with E-state index in [9.17, 15) is 9.90 Å². The summed E-state index contributed by atoms with van der Waals surface area (Å²) in [5, 5.41) is 9.54. The topological polar surface area (TPSA) is 40.5 Å². The molecule has 1 rings (SSSR count). The van der Waals surface area contributed by atoms with Gasteiger partial charge in [0.2, 0.25) is 0 Å². The SMILES string of the molecule is CCCCCCCC(C)N1CCC(CCC)(C(=O)O)C1. The Hall–Kier alpha value is -0.570. The summed E-state index contributed by atoms with van der Waals surface area (Å²) in [6.07, 6.45) is 10.4. The highest BCUT2D eigenvalue weighted by Crippen LogP contribution is 2.37. The first-order chi connectivity index (χ1) is 9.55. The number of carboxylic acids is 1. The van der Waals surface area contributed by atoms with Crippen LogP contribution in [0.5, 0.6) is 0 Å². The number of carboxylic acid groups (broad SMARTS) is 1. The summed E-state index contributed by atoms with van der Waals surface area (Å²) in [4.78, 5) is 14.0. The molecular formula is C17H33NO2. The lowest BCUT2D eigenvalue weighted by atomic mass is 9.82. The number of hydrogen-bond acceptors (Lipinski definition) is 2. The summed E-state index contributed by atoms with van der Waals surface area (Å²) in [7, 11) is 0. The molecule has 0 saturated carbocycles. The van der Waals surface area contributed by atoms with Crippen molar-refractivity contribution in [3.63, 3.8) is 0 Å². The van der Waals surface area contributed by atoms with Crippen molar-refractivity contribution in [3.05, 3.63) is 0 Å². The number of rotatable bonds is 10. The molecule has 1 saturated heterocycles. The number of aliphatic carboxylic acids is 1. The van der Waals surface area contributed by atoms with Gasteiger partial charge in [0.25, 0.3) is 0 Å². The van der Waals surface area contributed by atoms with E-state index in [1.807, 2.05) is 0 Å². The molecule has 0 spiro atoms. The van der Waals surface area contributed by atoms with Crippen LogP contribution >= 0.6 is 0 Å². The summed E-state index contributed by atoms with van der Waals surface area (Å²) in [6.45, 7) is 8.31. The van der Waals surface area contributed by atoms with Gasteiger partial charge in [-0.1, -0.05) is 52.4 Å². The maximum Gasteiger partial charge on any atom is 0.310 e.